The van der Waals surface area contributed by atoms with Crippen LogP contribution in [0, 0.1) is 0 Å². The van der Waals surface area contributed by atoms with Crippen molar-refractivity contribution in [2.45, 2.75) is 38.5 Å². The Bertz CT molecular complexity index is 867. The minimum atomic E-state index is 0.310. The zero-order chi connectivity index (χ0) is 18.5. The predicted molar refractivity (Wildman–Crippen MR) is 112 cm³/mol. The zero-order valence-corrected chi connectivity index (χ0v) is 15.7. The Labute approximate surface area is 161 Å². The van der Waals surface area contributed by atoms with E-state index in [-0.39, 0.29) is 0 Å². The Balaban J connectivity index is 1.41. The molecule has 2 heterocycles. The first-order valence-corrected chi connectivity index (χ1v) is 9.92. The van der Waals surface area contributed by atoms with Crippen molar-refractivity contribution < 1.29 is 4.79 Å². The molecule has 2 aliphatic rings. The van der Waals surface area contributed by atoms with Gasteiger partial charge < -0.3 is 4.90 Å². The molecule has 4 rings (SSSR count). The second-order valence-corrected chi connectivity index (χ2v) is 7.43. The van der Waals surface area contributed by atoms with Crippen LogP contribution in [0.25, 0.3) is 0 Å². The van der Waals surface area contributed by atoms with Gasteiger partial charge in [-0.2, -0.15) is 0 Å². The number of nitrogens with zero attached hydrogens (tertiary/aromatic N) is 2. The number of Topliss-reactive ketones (excluding diaryl/α,β-unsaturated/α-hetero) is 1. The van der Waals surface area contributed by atoms with Crippen LogP contribution in [0.15, 0.2) is 65.3 Å². The summed E-state index contributed by atoms with van der Waals surface area (Å²) < 4.78 is 0. The van der Waals surface area contributed by atoms with Crippen LogP contribution in [-0.2, 0) is 24.1 Å². The minimum absolute atomic E-state index is 0.310. The number of rotatable bonds is 7. The van der Waals surface area contributed by atoms with E-state index in [0.717, 1.165) is 43.6 Å². The van der Waals surface area contributed by atoms with Gasteiger partial charge in [0.25, 0.3) is 0 Å². The molecule has 0 saturated heterocycles. The third-order valence-corrected chi connectivity index (χ3v) is 5.37. The third-order valence-electron chi connectivity index (χ3n) is 5.37. The molecule has 0 atom stereocenters. The van der Waals surface area contributed by atoms with Gasteiger partial charge in [-0.3, -0.25) is 9.79 Å². The van der Waals surface area contributed by atoms with Crippen LogP contribution in [0.4, 0.5) is 5.69 Å². The summed E-state index contributed by atoms with van der Waals surface area (Å²) in [4.78, 5) is 19.4. The molecule has 0 radical (unpaired) electrons. The Morgan fingerprint density at radius 3 is 2.78 bits per heavy atom. The summed E-state index contributed by atoms with van der Waals surface area (Å²) in [6.07, 6.45) is 9.37. The second-order valence-electron chi connectivity index (χ2n) is 7.43. The first kappa shape index (κ1) is 17.7. The van der Waals surface area contributed by atoms with E-state index in [4.69, 9.17) is 0 Å². The average molecular weight is 358 g/mol. The summed E-state index contributed by atoms with van der Waals surface area (Å²) in [5, 5.41) is 0. The number of hydrogen-bond donors (Lipinski definition) is 0. The van der Waals surface area contributed by atoms with E-state index in [1.54, 1.807) is 0 Å². The largest absolute Gasteiger partial charge is 0.365 e. The summed E-state index contributed by atoms with van der Waals surface area (Å²) in [6, 6.07) is 16.8. The Hall–Kier alpha value is -2.68. The number of aryl methyl sites for hydroxylation is 2. The number of aliphatic imine (C=N–C) groups is 1. The van der Waals surface area contributed by atoms with Crippen molar-refractivity contribution in [3.63, 3.8) is 0 Å². The molecule has 2 aliphatic heterocycles. The molecule has 2 aromatic rings. The van der Waals surface area contributed by atoms with Crippen molar-refractivity contribution >= 4 is 17.7 Å². The highest BCUT2D eigenvalue weighted by Crippen LogP contribution is 2.29. The van der Waals surface area contributed by atoms with Gasteiger partial charge in [0.05, 0.1) is 12.2 Å². The Morgan fingerprint density at radius 1 is 1.07 bits per heavy atom. The van der Waals surface area contributed by atoms with Crippen molar-refractivity contribution in [2.24, 2.45) is 4.99 Å². The van der Waals surface area contributed by atoms with Crippen LogP contribution < -0.4 is 4.90 Å². The number of carbonyl (C=O) groups excluding carboxylic acids is 1. The number of ketones is 1. The van der Waals surface area contributed by atoms with Crippen molar-refractivity contribution in [3.05, 3.63) is 77.0 Å². The molecule has 27 heavy (non-hydrogen) atoms. The molecular formula is C24H26N2O. The van der Waals surface area contributed by atoms with E-state index in [2.05, 4.69) is 46.3 Å². The van der Waals surface area contributed by atoms with Crippen molar-refractivity contribution in [2.75, 3.05) is 18.0 Å². The van der Waals surface area contributed by atoms with E-state index in [9.17, 15) is 4.79 Å². The normalized spacial score (nSPS) is 15.6. The van der Waals surface area contributed by atoms with Gasteiger partial charge in [-0.25, -0.2) is 0 Å². The van der Waals surface area contributed by atoms with Gasteiger partial charge in [0.1, 0.15) is 5.78 Å². The molecule has 3 nitrogen and oxygen atoms in total. The minimum Gasteiger partial charge on any atom is -0.365 e. The fourth-order valence-electron chi connectivity index (χ4n) is 3.93. The summed E-state index contributed by atoms with van der Waals surface area (Å²) in [5.74, 6) is 0.310. The fraction of sp³-hybridized carbons (Fsp3) is 0.333. The van der Waals surface area contributed by atoms with Crippen molar-refractivity contribution in [1.29, 1.82) is 0 Å². The summed E-state index contributed by atoms with van der Waals surface area (Å²) >= 11 is 0. The van der Waals surface area contributed by atoms with Crippen LogP contribution in [0.3, 0.4) is 0 Å². The summed E-state index contributed by atoms with van der Waals surface area (Å²) in [6.45, 7) is 1.93. The van der Waals surface area contributed by atoms with E-state index in [0.29, 0.717) is 18.6 Å². The number of fused-ring (bicyclic) bond motifs is 1. The molecule has 0 bridgehead atoms. The van der Waals surface area contributed by atoms with Crippen LogP contribution >= 0.6 is 0 Å². The first-order chi connectivity index (χ1) is 13.3. The van der Waals surface area contributed by atoms with E-state index in [1.807, 2.05) is 24.4 Å². The molecule has 138 valence electrons. The SMILES string of the molecule is O=C(CCc1ccccc1)Cc1ccc2c(c1)N(CC1=CCC=N1)CCC2. The van der Waals surface area contributed by atoms with Crippen LogP contribution in [0.1, 0.15) is 36.0 Å². The lowest BCUT2D eigenvalue weighted by Gasteiger charge is -2.31. The molecule has 2 aromatic carbocycles. The molecule has 0 N–H and O–H groups in total. The zero-order valence-electron chi connectivity index (χ0n) is 15.7. The second kappa shape index (κ2) is 8.34. The topological polar surface area (TPSA) is 32.7 Å². The maximum absolute atomic E-state index is 12.5. The number of benzene rings is 2. The fourth-order valence-corrected chi connectivity index (χ4v) is 3.93. The van der Waals surface area contributed by atoms with Gasteiger partial charge in [0.2, 0.25) is 0 Å². The summed E-state index contributed by atoms with van der Waals surface area (Å²) in [5.41, 5.74) is 6.20. The maximum atomic E-state index is 12.5. The summed E-state index contributed by atoms with van der Waals surface area (Å²) in [7, 11) is 0. The smallest absolute Gasteiger partial charge is 0.137 e. The highest BCUT2D eigenvalue weighted by Gasteiger charge is 2.19. The van der Waals surface area contributed by atoms with E-state index in [1.165, 1.54) is 23.2 Å². The number of hydrogen-bond acceptors (Lipinski definition) is 3. The lowest BCUT2D eigenvalue weighted by atomic mass is 9.96. The molecule has 0 unspecified atom stereocenters. The van der Waals surface area contributed by atoms with Crippen LogP contribution in [-0.4, -0.2) is 25.1 Å². The first-order valence-electron chi connectivity index (χ1n) is 9.92. The molecule has 3 heteroatoms. The quantitative estimate of drug-likeness (QED) is 0.728. The average Bonchev–Trinajstić information content (AvgIpc) is 3.21. The van der Waals surface area contributed by atoms with Crippen molar-refractivity contribution in [3.8, 4) is 0 Å². The van der Waals surface area contributed by atoms with Gasteiger partial charge in [-0.05, 0) is 42.0 Å². The van der Waals surface area contributed by atoms with Gasteiger partial charge in [-0.1, -0.05) is 48.5 Å². The standard InChI is InChI=1S/C24H26N2O/c27-23(13-11-19-6-2-1-3-7-19)16-20-10-12-21-8-5-15-26(24(21)17-20)18-22-9-4-14-25-22/h1-3,6-7,9-10,12,14,17H,4-5,8,11,13,15-16,18H2. The third kappa shape index (κ3) is 4.54. The van der Waals surface area contributed by atoms with Gasteiger partial charge in [0, 0.05) is 37.7 Å². The molecular weight excluding hydrogens is 332 g/mol. The monoisotopic (exact) mass is 358 g/mol. The van der Waals surface area contributed by atoms with Crippen molar-refractivity contribution in [1.82, 2.24) is 0 Å². The molecule has 0 aliphatic carbocycles. The highest BCUT2D eigenvalue weighted by atomic mass is 16.1. The Morgan fingerprint density at radius 2 is 1.96 bits per heavy atom. The molecule has 0 fully saturated rings. The van der Waals surface area contributed by atoms with E-state index >= 15 is 0 Å². The molecule has 0 amide bonds. The molecule has 0 spiro atoms. The van der Waals surface area contributed by atoms with Gasteiger partial charge in [0.15, 0.2) is 0 Å². The predicted octanol–water partition coefficient (Wildman–Crippen LogP) is 4.54. The van der Waals surface area contributed by atoms with E-state index < -0.39 is 0 Å². The lowest BCUT2D eigenvalue weighted by Crippen LogP contribution is -2.31. The van der Waals surface area contributed by atoms with Crippen LogP contribution in [0.5, 0.6) is 0 Å². The number of carbonyl (C=O) groups is 1. The Kier molecular flexibility index (Phi) is 5.47. The number of allylic oxidation sites excluding steroid dienone is 1. The van der Waals surface area contributed by atoms with Crippen LogP contribution in [0.2, 0.25) is 0 Å². The molecule has 0 aromatic heterocycles. The van der Waals surface area contributed by atoms with Gasteiger partial charge >= 0.3 is 0 Å². The maximum Gasteiger partial charge on any atom is 0.137 e. The highest BCUT2D eigenvalue weighted by molar-refractivity contribution is 5.81. The number of anilines is 1. The van der Waals surface area contributed by atoms with Gasteiger partial charge in [-0.15, -0.1) is 0 Å². The molecule has 0 saturated carbocycles. The lowest BCUT2D eigenvalue weighted by molar-refractivity contribution is -0.118.